The number of fused-ring (bicyclic) bond motifs is 2. The van der Waals surface area contributed by atoms with Gasteiger partial charge in [-0.05, 0) is 43.9 Å². The van der Waals surface area contributed by atoms with Gasteiger partial charge in [0.25, 0.3) is 0 Å². The van der Waals surface area contributed by atoms with Crippen molar-refractivity contribution in [2.75, 3.05) is 5.32 Å². The number of amides is 1. The van der Waals surface area contributed by atoms with E-state index in [9.17, 15) is 14.7 Å². The minimum Gasteiger partial charge on any atom is -0.503 e. The smallest absolute Gasteiger partial charge is 0.358 e. The summed E-state index contributed by atoms with van der Waals surface area (Å²) in [7, 11) is 0. The minimum atomic E-state index is -0.686. The number of pyridine rings is 1. The largest absolute Gasteiger partial charge is 0.503 e. The molecule has 0 radical (unpaired) electrons. The van der Waals surface area contributed by atoms with Crippen LogP contribution in [0.15, 0.2) is 54.9 Å². The molecule has 0 bridgehead atoms. The van der Waals surface area contributed by atoms with Gasteiger partial charge in [0.1, 0.15) is 5.60 Å². The van der Waals surface area contributed by atoms with Gasteiger partial charge in [0, 0.05) is 17.7 Å². The number of aromatic hydroxyl groups is 1. The van der Waals surface area contributed by atoms with Crippen LogP contribution < -0.4 is 5.32 Å². The van der Waals surface area contributed by atoms with E-state index in [2.05, 4.69) is 15.4 Å². The van der Waals surface area contributed by atoms with Gasteiger partial charge in [0.2, 0.25) is 5.91 Å². The summed E-state index contributed by atoms with van der Waals surface area (Å²) in [6.45, 7) is 0. The number of rotatable bonds is 3. The molecular formula is C22H20N4O4. The van der Waals surface area contributed by atoms with Gasteiger partial charge in [0.15, 0.2) is 17.3 Å². The van der Waals surface area contributed by atoms with Crippen LogP contribution in [0.3, 0.4) is 0 Å². The van der Waals surface area contributed by atoms with E-state index < -0.39 is 11.6 Å². The van der Waals surface area contributed by atoms with Crippen LogP contribution in [0.4, 0.5) is 5.82 Å². The number of nitrogens with zero attached hydrogens (tertiary/aromatic N) is 3. The number of para-hydroxylation sites is 1. The molecule has 1 aliphatic carbocycles. The number of carbonyl (C=O) groups excluding carboxylic acids is 2. The zero-order valence-electron chi connectivity index (χ0n) is 16.1. The molecule has 3 heterocycles. The van der Waals surface area contributed by atoms with Crippen molar-refractivity contribution in [1.29, 1.82) is 0 Å². The molecule has 1 spiro atoms. The highest BCUT2D eigenvalue weighted by Gasteiger charge is 2.49. The van der Waals surface area contributed by atoms with Gasteiger partial charge in [0.05, 0.1) is 11.9 Å². The molecule has 1 fully saturated rings. The number of aromatic nitrogens is 3. The van der Waals surface area contributed by atoms with E-state index in [-0.39, 0.29) is 23.4 Å². The van der Waals surface area contributed by atoms with Crippen molar-refractivity contribution >= 4 is 17.7 Å². The van der Waals surface area contributed by atoms with Crippen LogP contribution in [0.25, 0.3) is 5.69 Å². The Labute approximate surface area is 172 Å². The third-order valence-corrected chi connectivity index (χ3v) is 5.90. The lowest BCUT2D eigenvalue weighted by Gasteiger charge is -2.35. The second-order valence-corrected chi connectivity index (χ2v) is 7.69. The highest BCUT2D eigenvalue weighted by atomic mass is 16.6. The number of benzene rings is 1. The second-order valence-electron chi connectivity index (χ2n) is 7.69. The molecule has 1 aliphatic heterocycles. The lowest BCUT2D eigenvalue weighted by atomic mass is 9.75. The SMILES string of the molecule is O=C1OC2(CCC(C(=O)Nc3nn(-c4ccccc4)cc3O)CC2)c2cccnc21. The summed E-state index contributed by atoms with van der Waals surface area (Å²) < 4.78 is 7.21. The Balaban J connectivity index is 1.27. The standard InChI is InChI=1S/C22H20N4O4/c27-17-13-26(15-5-2-1-3-6-15)25-19(17)24-20(28)14-8-10-22(11-9-14)16-7-4-12-23-18(16)21(29)30-22/h1-7,12-14,27H,8-11H2,(H,24,25,28). The van der Waals surface area contributed by atoms with Crippen LogP contribution in [0.2, 0.25) is 0 Å². The first-order chi connectivity index (χ1) is 14.6. The summed E-state index contributed by atoms with van der Waals surface area (Å²) in [5.41, 5.74) is 1.28. The fourth-order valence-electron chi connectivity index (χ4n) is 4.32. The maximum Gasteiger partial charge on any atom is 0.358 e. The Morgan fingerprint density at radius 1 is 1.17 bits per heavy atom. The number of ether oxygens (including phenoxy) is 1. The van der Waals surface area contributed by atoms with Crippen molar-refractivity contribution in [3.8, 4) is 11.4 Å². The van der Waals surface area contributed by atoms with Crippen molar-refractivity contribution < 1.29 is 19.4 Å². The second kappa shape index (κ2) is 6.98. The molecule has 2 aromatic heterocycles. The van der Waals surface area contributed by atoms with Gasteiger partial charge in [-0.3, -0.25) is 4.79 Å². The van der Waals surface area contributed by atoms with E-state index in [1.165, 1.54) is 10.9 Å². The summed E-state index contributed by atoms with van der Waals surface area (Å²) in [5, 5.41) is 17.2. The van der Waals surface area contributed by atoms with E-state index >= 15 is 0 Å². The quantitative estimate of drug-likeness (QED) is 0.650. The Hall–Kier alpha value is -3.68. The van der Waals surface area contributed by atoms with Crippen LogP contribution in [-0.2, 0) is 15.1 Å². The first-order valence-corrected chi connectivity index (χ1v) is 9.89. The van der Waals surface area contributed by atoms with Crippen LogP contribution in [0, 0.1) is 5.92 Å². The fourth-order valence-corrected chi connectivity index (χ4v) is 4.32. The zero-order valence-corrected chi connectivity index (χ0v) is 16.1. The highest BCUT2D eigenvalue weighted by molar-refractivity contribution is 5.94. The maximum absolute atomic E-state index is 12.8. The summed E-state index contributed by atoms with van der Waals surface area (Å²) >= 11 is 0. The molecule has 3 aromatic rings. The van der Waals surface area contributed by atoms with Crippen molar-refractivity contribution in [3.63, 3.8) is 0 Å². The number of hydrogen-bond donors (Lipinski definition) is 2. The van der Waals surface area contributed by atoms with E-state index in [0.717, 1.165) is 11.3 Å². The molecule has 30 heavy (non-hydrogen) atoms. The van der Waals surface area contributed by atoms with Gasteiger partial charge in [-0.15, -0.1) is 5.10 Å². The molecule has 0 unspecified atom stereocenters. The molecular weight excluding hydrogens is 384 g/mol. The highest BCUT2D eigenvalue weighted by Crippen LogP contribution is 2.47. The van der Waals surface area contributed by atoms with Gasteiger partial charge in [-0.25, -0.2) is 14.5 Å². The van der Waals surface area contributed by atoms with Crippen LogP contribution in [0.5, 0.6) is 5.75 Å². The number of esters is 1. The van der Waals surface area contributed by atoms with E-state index in [1.54, 1.807) is 12.3 Å². The predicted molar refractivity (Wildman–Crippen MR) is 107 cm³/mol. The van der Waals surface area contributed by atoms with Gasteiger partial charge in [-0.2, -0.15) is 0 Å². The molecule has 2 N–H and O–H groups in total. The molecule has 5 rings (SSSR count). The van der Waals surface area contributed by atoms with E-state index in [4.69, 9.17) is 4.74 Å². The molecule has 1 aromatic carbocycles. The third-order valence-electron chi connectivity index (χ3n) is 5.90. The van der Waals surface area contributed by atoms with Crippen LogP contribution >= 0.6 is 0 Å². The molecule has 2 aliphatic rings. The first kappa shape index (κ1) is 18.4. The Morgan fingerprint density at radius 2 is 1.93 bits per heavy atom. The average Bonchev–Trinajstić information content (AvgIpc) is 3.27. The number of anilines is 1. The molecule has 1 amide bonds. The molecule has 1 saturated carbocycles. The zero-order chi connectivity index (χ0) is 20.7. The minimum absolute atomic E-state index is 0.0933. The van der Waals surface area contributed by atoms with E-state index in [1.807, 2.05) is 36.4 Å². The summed E-state index contributed by atoms with van der Waals surface area (Å²) in [6, 6.07) is 13.0. The number of carbonyl (C=O) groups is 2. The van der Waals surface area contributed by atoms with Gasteiger partial charge < -0.3 is 15.2 Å². The fraction of sp³-hybridized carbons (Fsp3) is 0.273. The summed E-state index contributed by atoms with van der Waals surface area (Å²) in [4.78, 5) is 29.1. The van der Waals surface area contributed by atoms with Crippen molar-refractivity contribution in [3.05, 3.63) is 66.1 Å². The summed E-state index contributed by atoms with van der Waals surface area (Å²) in [6.07, 6.45) is 5.28. The Morgan fingerprint density at radius 3 is 2.70 bits per heavy atom. The normalized spacial score (nSPS) is 22.5. The molecule has 152 valence electrons. The van der Waals surface area contributed by atoms with Gasteiger partial charge in [-0.1, -0.05) is 24.3 Å². The topological polar surface area (TPSA) is 106 Å². The van der Waals surface area contributed by atoms with Gasteiger partial charge >= 0.3 is 5.97 Å². The Bertz CT molecular complexity index is 1120. The van der Waals surface area contributed by atoms with Crippen LogP contribution in [-0.4, -0.2) is 31.7 Å². The van der Waals surface area contributed by atoms with Crippen molar-refractivity contribution in [1.82, 2.24) is 14.8 Å². The van der Waals surface area contributed by atoms with E-state index in [0.29, 0.717) is 31.4 Å². The number of hydrogen-bond acceptors (Lipinski definition) is 6. The molecule has 8 nitrogen and oxygen atoms in total. The lowest BCUT2D eigenvalue weighted by molar-refractivity contribution is -0.122. The maximum atomic E-state index is 12.8. The molecule has 8 heteroatoms. The van der Waals surface area contributed by atoms with Crippen LogP contribution in [0.1, 0.15) is 41.7 Å². The third kappa shape index (κ3) is 3.01. The molecule has 0 atom stereocenters. The monoisotopic (exact) mass is 404 g/mol. The Kier molecular flexibility index (Phi) is 4.27. The van der Waals surface area contributed by atoms with Crippen molar-refractivity contribution in [2.45, 2.75) is 31.3 Å². The van der Waals surface area contributed by atoms with Crippen molar-refractivity contribution in [2.24, 2.45) is 5.92 Å². The molecule has 0 saturated heterocycles. The summed E-state index contributed by atoms with van der Waals surface area (Å²) in [5.74, 6) is -0.814. The number of nitrogens with one attached hydrogen (secondary N) is 1. The first-order valence-electron chi connectivity index (χ1n) is 9.89. The average molecular weight is 404 g/mol. The predicted octanol–water partition coefficient (Wildman–Crippen LogP) is 3.17. The lowest BCUT2D eigenvalue weighted by Crippen LogP contribution is -2.36.